The molecule has 0 radical (unpaired) electrons. The van der Waals surface area contributed by atoms with E-state index in [4.69, 9.17) is 9.15 Å². The van der Waals surface area contributed by atoms with Gasteiger partial charge in [-0.3, -0.25) is 19.7 Å². The molecule has 35 heavy (non-hydrogen) atoms. The number of rotatable bonds is 8. The predicted molar refractivity (Wildman–Crippen MR) is 132 cm³/mol. The molecule has 4 rings (SSSR count). The lowest BCUT2D eigenvalue weighted by Gasteiger charge is -2.08. The molecule has 2 amide bonds. The highest BCUT2D eigenvalue weighted by atomic mass is 32.2. The van der Waals surface area contributed by atoms with Crippen molar-refractivity contribution < 1.29 is 23.7 Å². The third-order valence-corrected chi connectivity index (χ3v) is 5.92. The Morgan fingerprint density at radius 3 is 2.74 bits per heavy atom. The largest absolute Gasteiger partial charge is 0.497 e. The van der Waals surface area contributed by atoms with Crippen molar-refractivity contribution in [3.8, 4) is 17.1 Å². The third kappa shape index (κ3) is 5.92. The van der Waals surface area contributed by atoms with Crippen LogP contribution in [-0.4, -0.2) is 40.5 Å². The second kappa shape index (κ2) is 10.7. The normalized spacial score (nSPS) is 16.4. The van der Waals surface area contributed by atoms with E-state index in [2.05, 4.69) is 20.8 Å². The van der Waals surface area contributed by atoms with E-state index in [1.807, 2.05) is 0 Å². The SMILES string of the molecule is COc1ccc(NC(=O)CC2S/C(=N\N=C\c3ccc(-c4ccccc4[N+](=O)[O-])o3)NC2=O)cc1. The van der Waals surface area contributed by atoms with Crippen LogP contribution in [0.5, 0.6) is 5.75 Å². The molecule has 0 aliphatic carbocycles. The van der Waals surface area contributed by atoms with Crippen LogP contribution in [0, 0.1) is 10.1 Å². The van der Waals surface area contributed by atoms with Crippen LogP contribution in [0.15, 0.2) is 75.3 Å². The van der Waals surface area contributed by atoms with E-state index >= 15 is 0 Å². The number of nitrogens with one attached hydrogen (secondary N) is 2. The Hall–Kier alpha value is -4.45. The monoisotopic (exact) mass is 493 g/mol. The molecule has 2 aromatic carbocycles. The van der Waals surface area contributed by atoms with Gasteiger partial charge in [-0.2, -0.15) is 5.10 Å². The van der Waals surface area contributed by atoms with Crippen molar-refractivity contribution in [1.29, 1.82) is 0 Å². The van der Waals surface area contributed by atoms with Gasteiger partial charge in [0, 0.05) is 18.2 Å². The molecule has 0 saturated carbocycles. The maximum atomic E-state index is 12.3. The van der Waals surface area contributed by atoms with Crippen molar-refractivity contribution in [2.45, 2.75) is 11.7 Å². The van der Waals surface area contributed by atoms with E-state index in [1.54, 1.807) is 61.7 Å². The van der Waals surface area contributed by atoms with Gasteiger partial charge in [0.1, 0.15) is 22.5 Å². The van der Waals surface area contributed by atoms with Crippen molar-refractivity contribution >= 4 is 46.3 Å². The van der Waals surface area contributed by atoms with Gasteiger partial charge in [0.05, 0.1) is 23.8 Å². The number of amidine groups is 1. The smallest absolute Gasteiger partial charge is 0.280 e. The van der Waals surface area contributed by atoms with Crippen LogP contribution in [0.3, 0.4) is 0 Å². The summed E-state index contributed by atoms with van der Waals surface area (Å²) in [6.07, 6.45) is 1.28. The lowest BCUT2D eigenvalue weighted by atomic mass is 10.1. The zero-order valence-corrected chi connectivity index (χ0v) is 19.2. The molecule has 1 atom stereocenters. The fourth-order valence-corrected chi connectivity index (χ4v) is 4.11. The number of amides is 2. The third-order valence-electron chi connectivity index (χ3n) is 4.85. The summed E-state index contributed by atoms with van der Waals surface area (Å²) in [6, 6.07) is 16.3. The molecule has 0 spiro atoms. The van der Waals surface area contributed by atoms with Crippen LogP contribution in [-0.2, 0) is 9.59 Å². The molecule has 3 aromatic rings. The first kappa shape index (κ1) is 23.7. The topological polar surface area (TPSA) is 148 Å². The Kier molecular flexibility index (Phi) is 7.21. The first-order valence-electron chi connectivity index (χ1n) is 10.3. The number of ether oxygens (including phenoxy) is 1. The molecule has 1 aliphatic rings. The summed E-state index contributed by atoms with van der Waals surface area (Å²) in [5, 5.41) is 24.0. The number of furan rings is 1. The van der Waals surface area contributed by atoms with Gasteiger partial charge in [-0.15, -0.1) is 5.10 Å². The average molecular weight is 494 g/mol. The van der Waals surface area contributed by atoms with Gasteiger partial charge < -0.3 is 19.8 Å². The quantitative estimate of drug-likeness (QED) is 0.275. The summed E-state index contributed by atoms with van der Waals surface area (Å²) < 4.78 is 10.7. The van der Waals surface area contributed by atoms with Gasteiger partial charge in [-0.25, -0.2) is 0 Å². The minimum Gasteiger partial charge on any atom is -0.497 e. The Morgan fingerprint density at radius 1 is 1.23 bits per heavy atom. The van der Waals surface area contributed by atoms with Crippen molar-refractivity contribution in [3.05, 3.63) is 76.5 Å². The summed E-state index contributed by atoms with van der Waals surface area (Å²) in [7, 11) is 1.55. The average Bonchev–Trinajstić information content (AvgIpc) is 3.46. The van der Waals surface area contributed by atoms with E-state index < -0.39 is 10.2 Å². The van der Waals surface area contributed by atoms with E-state index in [9.17, 15) is 19.7 Å². The number of para-hydroxylation sites is 1. The van der Waals surface area contributed by atoms with Crippen LogP contribution in [0.2, 0.25) is 0 Å². The molecular formula is C23H19N5O6S. The van der Waals surface area contributed by atoms with Crippen LogP contribution in [0.25, 0.3) is 11.3 Å². The minimum absolute atomic E-state index is 0.0390. The Labute approximate surface area is 203 Å². The van der Waals surface area contributed by atoms with Crippen LogP contribution >= 0.6 is 11.8 Å². The first-order valence-corrected chi connectivity index (χ1v) is 11.2. The summed E-state index contributed by atoms with van der Waals surface area (Å²) in [5.41, 5.74) is 0.868. The number of nitrogens with zero attached hydrogens (tertiary/aromatic N) is 3. The molecular weight excluding hydrogens is 474 g/mol. The summed E-state index contributed by atoms with van der Waals surface area (Å²) in [5.74, 6) is 0.656. The number of methoxy groups -OCH3 is 1. The fourth-order valence-electron chi connectivity index (χ4n) is 3.19. The van der Waals surface area contributed by atoms with Gasteiger partial charge in [-0.05, 0) is 42.5 Å². The van der Waals surface area contributed by atoms with Gasteiger partial charge in [0.15, 0.2) is 5.17 Å². The van der Waals surface area contributed by atoms with Gasteiger partial charge in [0.2, 0.25) is 11.8 Å². The molecule has 2 heterocycles. The molecule has 1 aliphatic heterocycles. The number of carbonyl (C=O) groups is 2. The maximum Gasteiger partial charge on any atom is 0.280 e. The van der Waals surface area contributed by atoms with Crippen LogP contribution in [0.1, 0.15) is 12.2 Å². The van der Waals surface area contributed by atoms with Gasteiger partial charge in [-0.1, -0.05) is 23.9 Å². The number of anilines is 1. The zero-order valence-electron chi connectivity index (χ0n) is 18.3. The van der Waals surface area contributed by atoms with Crippen LogP contribution < -0.4 is 15.4 Å². The van der Waals surface area contributed by atoms with Gasteiger partial charge >= 0.3 is 0 Å². The molecule has 1 aromatic heterocycles. The van der Waals surface area contributed by atoms with Crippen molar-refractivity contribution in [2.75, 3.05) is 12.4 Å². The highest BCUT2D eigenvalue weighted by molar-refractivity contribution is 8.15. The number of hydrogen-bond acceptors (Lipinski definition) is 9. The lowest BCUT2D eigenvalue weighted by Crippen LogP contribution is -2.28. The van der Waals surface area contributed by atoms with Gasteiger partial charge in [0.25, 0.3) is 5.69 Å². The number of benzene rings is 2. The molecule has 1 fully saturated rings. The summed E-state index contributed by atoms with van der Waals surface area (Å²) in [6.45, 7) is 0. The van der Waals surface area contributed by atoms with E-state index in [0.717, 1.165) is 11.8 Å². The fraction of sp³-hybridized carbons (Fsp3) is 0.130. The molecule has 0 bridgehead atoms. The second-order valence-corrected chi connectivity index (χ2v) is 8.39. The van der Waals surface area contributed by atoms with E-state index in [0.29, 0.717) is 28.5 Å². The highest BCUT2D eigenvalue weighted by Crippen LogP contribution is 2.30. The van der Waals surface area contributed by atoms with Crippen molar-refractivity contribution in [3.63, 3.8) is 0 Å². The lowest BCUT2D eigenvalue weighted by molar-refractivity contribution is -0.384. The Bertz CT molecular complexity index is 1320. The second-order valence-electron chi connectivity index (χ2n) is 7.20. The first-order chi connectivity index (χ1) is 16.9. The molecule has 2 N–H and O–H groups in total. The number of nitro benzene ring substituents is 1. The number of carbonyl (C=O) groups excluding carboxylic acids is 2. The Balaban J connectivity index is 1.34. The molecule has 12 heteroatoms. The molecule has 1 unspecified atom stereocenters. The van der Waals surface area contributed by atoms with E-state index in [-0.39, 0.29) is 29.1 Å². The summed E-state index contributed by atoms with van der Waals surface area (Å²) in [4.78, 5) is 35.2. The number of thioether (sulfide) groups is 1. The number of nitro groups is 1. The maximum absolute atomic E-state index is 12.3. The highest BCUT2D eigenvalue weighted by Gasteiger charge is 2.32. The Morgan fingerprint density at radius 2 is 2.00 bits per heavy atom. The predicted octanol–water partition coefficient (Wildman–Crippen LogP) is 3.81. The summed E-state index contributed by atoms with van der Waals surface area (Å²) >= 11 is 1.10. The number of hydrogen-bond donors (Lipinski definition) is 2. The zero-order chi connectivity index (χ0) is 24.8. The molecule has 178 valence electrons. The van der Waals surface area contributed by atoms with E-state index in [1.165, 1.54) is 12.3 Å². The minimum atomic E-state index is -0.643. The molecule has 11 nitrogen and oxygen atoms in total. The molecule has 1 saturated heterocycles. The van der Waals surface area contributed by atoms with Crippen molar-refractivity contribution in [1.82, 2.24) is 5.32 Å². The standard InChI is InChI=1S/C23H19N5O6S/c1-33-15-8-6-14(7-9-15)25-21(29)12-20-22(30)26-23(35-20)27-24-13-16-10-11-19(34-16)17-4-2-3-5-18(17)28(31)32/h2-11,13,20H,12H2,1H3,(H,25,29)(H,26,27,30)/b24-13+. The van der Waals surface area contributed by atoms with Crippen molar-refractivity contribution in [2.24, 2.45) is 10.2 Å². The van der Waals surface area contributed by atoms with Crippen LogP contribution in [0.4, 0.5) is 11.4 Å².